The van der Waals surface area contributed by atoms with Crippen molar-refractivity contribution in [3.8, 4) is 0 Å². The smallest absolute Gasteiger partial charge is 0.0597 e. The Morgan fingerprint density at radius 2 is 2.12 bits per heavy atom. The van der Waals surface area contributed by atoms with E-state index in [1.165, 1.54) is 38.9 Å². The normalized spacial score (nSPS) is 31.1. The van der Waals surface area contributed by atoms with Gasteiger partial charge in [0.1, 0.15) is 0 Å². The summed E-state index contributed by atoms with van der Waals surface area (Å²) in [7, 11) is 0. The predicted molar refractivity (Wildman–Crippen MR) is 71.3 cm³/mol. The molecule has 17 heavy (non-hydrogen) atoms. The van der Waals surface area contributed by atoms with Crippen LogP contribution in [0, 0.1) is 0 Å². The molecule has 0 spiro atoms. The molecule has 0 saturated carbocycles. The Kier molecular flexibility index (Phi) is 4.83. The van der Waals surface area contributed by atoms with Crippen molar-refractivity contribution in [3.05, 3.63) is 0 Å². The molecule has 2 rings (SSSR count). The van der Waals surface area contributed by atoms with Crippen molar-refractivity contribution in [2.24, 2.45) is 0 Å². The fourth-order valence-corrected chi connectivity index (χ4v) is 3.22. The summed E-state index contributed by atoms with van der Waals surface area (Å²) in [6.07, 6.45) is 4.43. The Morgan fingerprint density at radius 3 is 2.82 bits per heavy atom. The highest BCUT2D eigenvalue weighted by Crippen LogP contribution is 2.25. The van der Waals surface area contributed by atoms with Gasteiger partial charge in [-0.2, -0.15) is 0 Å². The van der Waals surface area contributed by atoms with E-state index in [1.54, 1.807) is 0 Å². The molecule has 0 amide bonds. The zero-order chi connectivity index (χ0) is 12.3. The van der Waals surface area contributed by atoms with Crippen molar-refractivity contribution >= 4 is 0 Å². The van der Waals surface area contributed by atoms with Crippen molar-refractivity contribution in [2.45, 2.75) is 58.2 Å². The summed E-state index contributed by atoms with van der Waals surface area (Å²) in [5.41, 5.74) is 0. The lowest BCUT2D eigenvalue weighted by molar-refractivity contribution is 0.00881. The number of ether oxygens (including phenoxy) is 1. The second-order valence-electron chi connectivity index (χ2n) is 5.77. The van der Waals surface area contributed by atoms with Gasteiger partial charge in [-0.3, -0.25) is 9.80 Å². The molecule has 3 nitrogen and oxygen atoms in total. The van der Waals surface area contributed by atoms with E-state index in [9.17, 15) is 0 Å². The monoisotopic (exact) mass is 240 g/mol. The maximum Gasteiger partial charge on any atom is 0.0597 e. The summed E-state index contributed by atoms with van der Waals surface area (Å²) < 4.78 is 5.69. The average Bonchev–Trinajstić information content (AvgIpc) is 2.74. The molecule has 0 radical (unpaired) electrons. The first-order valence-corrected chi connectivity index (χ1v) is 7.30. The molecule has 0 aromatic carbocycles. The van der Waals surface area contributed by atoms with Gasteiger partial charge in [0.15, 0.2) is 0 Å². The first kappa shape index (κ1) is 13.3. The highest BCUT2D eigenvalue weighted by atomic mass is 16.5. The molecule has 2 heterocycles. The van der Waals surface area contributed by atoms with Crippen LogP contribution in [-0.2, 0) is 4.74 Å². The van der Waals surface area contributed by atoms with Gasteiger partial charge in [0.2, 0.25) is 0 Å². The van der Waals surface area contributed by atoms with E-state index < -0.39 is 0 Å². The Balaban J connectivity index is 1.81. The van der Waals surface area contributed by atoms with Crippen LogP contribution in [0.4, 0.5) is 0 Å². The fraction of sp³-hybridized carbons (Fsp3) is 1.00. The minimum atomic E-state index is 0.364. The van der Waals surface area contributed by atoms with Crippen molar-refractivity contribution in [1.29, 1.82) is 0 Å². The molecule has 2 aliphatic rings. The van der Waals surface area contributed by atoms with E-state index in [1.807, 2.05) is 0 Å². The Morgan fingerprint density at radius 1 is 1.29 bits per heavy atom. The zero-order valence-electron chi connectivity index (χ0n) is 11.7. The second kappa shape index (κ2) is 6.17. The molecule has 0 aromatic heterocycles. The van der Waals surface area contributed by atoms with Crippen LogP contribution in [-0.4, -0.2) is 60.8 Å². The van der Waals surface area contributed by atoms with Crippen LogP contribution in [0.1, 0.15) is 40.0 Å². The van der Waals surface area contributed by atoms with E-state index >= 15 is 0 Å². The standard InChI is InChI=1S/C14H28N2O/c1-4-13-10-15-7-5-6-14(15)11-16(13)8-9-17-12(2)3/h12-14H,4-11H2,1-3H3. The summed E-state index contributed by atoms with van der Waals surface area (Å²) in [5, 5.41) is 0. The van der Waals surface area contributed by atoms with Crippen LogP contribution in [0.25, 0.3) is 0 Å². The van der Waals surface area contributed by atoms with Crippen LogP contribution in [0.5, 0.6) is 0 Å². The molecule has 3 heteroatoms. The summed E-state index contributed by atoms with van der Waals surface area (Å²) in [4.78, 5) is 5.36. The van der Waals surface area contributed by atoms with E-state index in [0.717, 1.165) is 25.2 Å². The summed E-state index contributed by atoms with van der Waals surface area (Å²) >= 11 is 0. The number of nitrogens with zero attached hydrogens (tertiary/aromatic N) is 2. The number of rotatable bonds is 5. The van der Waals surface area contributed by atoms with E-state index in [4.69, 9.17) is 4.74 Å². The zero-order valence-corrected chi connectivity index (χ0v) is 11.7. The van der Waals surface area contributed by atoms with Gasteiger partial charge in [-0.25, -0.2) is 0 Å². The minimum absolute atomic E-state index is 0.364. The molecule has 2 aliphatic heterocycles. The molecular weight excluding hydrogens is 212 g/mol. The van der Waals surface area contributed by atoms with E-state index in [2.05, 4.69) is 30.6 Å². The number of hydrogen-bond acceptors (Lipinski definition) is 3. The van der Waals surface area contributed by atoms with Crippen LogP contribution < -0.4 is 0 Å². The molecule has 0 N–H and O–H groups in total. The van der Waals surface area contributed by atoms with Crippen LogP contribution >= 0.6 is 0 Å². The Labute approximate surface area is 106 Å². The molecule has 2 fully saturated rings. The van der Waals surface area contributed by atoms with Crippen molar-refractivity contribution in [2.75, 3.05) is 32.8 Å². The van der Waals surface area contributed by atoms with Gasteiger partial charge in [-0.05, 0) is 39.7 Å². The molecule has 2 saturated heterocycles. The van der Waals surface area contributed by atoms with Gasteiger partial charge in [-0.15, -0.1) is 0 Å². The van der Waals surface area contributed by atoms with Gasteiger partial charge in [0, 0.05) is 31.7 Å². The Bertz CT molecular complexity index is 232. The highest BCUT2D eigenvalue weighted by Gasteiger charge is 2.35. The highest BCUT2D eigenvalue weighted by molar-refractivity contribution is 4.91. The van der Waals surface area contributed by atoms with Gasteiger partial charge >= 0.3 is 0 Å². The first-order chi connectivity index (χ1) is 8.20. The summed E-state index contributed by atoms with van der Waals surface area (Å²) in [6.45, 7) is 12.4. The fourth-order valence-electron chi connectivity index (χ4n) is 3.22. The molecule has 2 atom stereocenters. The third-order valence-corrected chi connectivity index (χ3v) is 4.21. The van der Waals surface area contributed by atoms with Gasteiger partial charge in [-0.1, -0.05) is 6.92 Å². The molecular formula is C14H28N2O. The lowest BCUT2D eigenvalue weighted by Gasteiger charge is -2.43. The third-order valence-electron chi connectivity index (χ3n) is 4.21. The lowest BCUT2D eigenvalue weighted by atomic mass is 10.1. The molecule has 100 valence electrons. The SMILES string of the molecule is CCC1CN2CCCC2CN1CCOC(C)C. The Hall–Kier alpha value is -0.120. The largest absolute Gasteiger partial charge is 0.377 e. The maximum atomic E-state index is 5.69. The van der Waals surface area contributed by atoms with Gasteiger partial charge in [0.25, 0.3) is 0 Å². The van der Waals surface area contributed by atoms with E-state index in [-0.39, 0.29) is 0 Å². The lowest BCUT2D eigenvalue weighted by Crippen LogP contribution is -2.56. The van der Waals surface area contributed by atoms with Crippen LogP contribution in [0.2, 0.25) is 0 Å². The van der Waals surface area contributed by atoms with Gasteiger partial charge < -0.3 is 4.74 Å². The quantitative estimate of drug-likeness (QED) is 0.731. The predicted octanol–water partition coefficient (Wildman–Crippen LogP) is 1.97. The average molecular weight is 240 g/mol. The van der Waals surface area contributed by atoms with E-state index in [0.29, 0.717) is 6.10 Å². The van der Waals surface area contributed by atoms with Crippen LogP contribution in [0.15, 0.2) is 0 Å². The number of fused-ring (bicyclic) bond motifs is 1. The molecule has 0 aliphatic carbocycles. The minimum Gasteiger partial charge on any atom is -0.377 e. The number of piperazine rings is 1. The van der Waals surface area contributed by atoms with Crippen molar-refractivity contribution in [3.63, 3.8) is 0 Å². The maximum absolute atomic E-state index is 5.69. The first-order valence-electron chi connectivity index (χ1n) is 7.30. The summed E-state index contributed by atoms with van der Waals surface area (Å²) in [5.74, 6) is 0. The van der Waals surface area contributed by atoms with Crippen molar-refractivity contribution < 1.29 is 4.74 Å². The molecule has 2 unspecified atom stereocenters. The topological polar surface area (TPSA) is 15.7 Å². The molecule has 0 bridgehead atoms. The third kappa shape index (κ3) is 3.43. The van der Waals surface area contributed by atoms with Gasteiger partial charge in [0.05, 0.1) is 12.7 Å². The van der Waals surface area contributed by atoms with Crippen molar-refractivity contribution in [1.82, 2.24) is 9.80 Å². The summed E-state index contributed by atoms with van der Waals surface area (Å²) in [6, 6.07) is 1.58. The molecule has 0 aromatic rings. The van der Waals surface area contributed by atoms with Crippen LogP contribution in [0.3, 0.4) is 0 Å². The number of hydrogen-bond donors (Lipinski definition) is 0. The second-order valence-corrected chi connectivity index (χ2v) is 5.77.